The molecule has 2 N–H and O–H groups in total. The fourth-order valence-corrected chi connectivity index (χ4v) is 3.52. The third-order valence-corrected chi connectivity index (χ3v) is 4.88. The van der Waals surface area contributed by atoms with Crippen LogP contribution in [-0.2, 0) is 4.79 Å². The molecule has 1 unspecified atom stereocenters. The highest BCUT2D eigenvalue weighted by Crippen LogP contribution is 2.41. The molecule has 0 bridgehead atoms. The van der Waals surface area contributed by atoms with Gasteiger partial charge in [-0.25, -0.2) is 0 Å². The lowest BCUT2D eigenvalue weighted by molar-refractivity contribution is -0.121. The standard InChI is InChI=1S/C23H22N2O2/c1-16(24)19-12-13-21-20(14-19)25(22(26)15-27-21)23(17-8-4-2-5-9-17)18-10-6-3-7-11-18/h2-14,16,23H,15,24H2,1H3. The number of anilines is 1. The largest absolute Gasteiger partial charge is 0.482 e. The topological polar surface area (TPSA) is 55.6 Å². The Bertz CT molecular complexity index is 900. The third kappa shape index (κ3) is 3.32. The fourth-order valence-electron chi connectivity index (χ4n) is 3.52. The molecule has 1 heterocycles. The second-order valence-corrected chi connectivity index (χ2v) is 6.79. The van der Waals surface area contributed by atoms with Gasteiger partial charge in [0.15, 0.2) is 6.61 Å². The van der Waals surface area contributed by atoms with E-state index in [2.05, 4.69) is 24.3 Å². The van der Waals surface area contributed by atoms with Crippen LogP contribution in [0.1, 0.15) is 35.7 Å². The number of ether oxygens (including phenoxy) is 1. The van der Waals surface area contributed by atoms with Crippen molar-refractivity contribution in [3.63, 3.8) is 0 Å². The number of nitrogens with zero attached hydrogens (tertiary/aromatic N) is 1. The Hall–Kier alpha value is -3.11. The van der Waals surface area contributed by atoms with Crippen LogP contribution in [0.3, 0.4) is 0 Å². The molecule has 0 fully saturated rings. The maximum Gasteiger partial charge on any atom is 0.265 e. The number of carbonyl (C=O) groups is 1. The van der Waals surface area contributed by atoms with E-state index in [9.17, 15) is 4.79 Å². The average molecular weight is 358 g/mol. The maximum atomic E-state index is 13.0. The quantitative estimate of drug-likeness (QED) is 0.760. The van der Waals surface area contributed by atoms with E-state index in [0.717, 1.165) is 22.4 Å². The van der Waals surface area contributed by atoms with E-state index in [-0.39, 0.29) is 24.6 Å². The van der Waals surface area contributed by atoms with Crippen molar-refractivity contribution < 1.29 is 9.53 Å². The van der Waals surface area contributed by atoms with Gasteiger partial charge < -0.3 is 10.5 Å². The normalized spacial score (nSPS) is 14.6. The molecule has 1 aliphatic rings. The lowest BCUT2D eigenvalue weighted by Gasteiger charge is -2.37. The number of amides is 1. The number of nitrogens with two attached hydrogens (primary N) is 1. The van der Waals surface area contributed by atoms with Crippen LogP contribution in [0.5, 0.6) is 5.75 Å². The molecular weight excluding hydrogens is 336 g/mol. The summed E-state index contributed by atoms with van der Waals surface area (Å²) in [6, 6.07) is 25.6. The molecule has 0 saturated carbocycles. The van der Waals surface area contributed by atoms with Crippen LogP contribution in [-0.4, -0.2) is 12.5 Å². The van der Waals surface area contributed by atoms with Gasteiger partial charge >= 0.3 is 0 Å². The first-order chi connectivity index (χ1) is 13.1. The van der Waals surface area contributed by atoms with Crippen molar-refractivity contribution in [2.24, 2.45) is 5.73 Å². The van der Waals surface area contributed by atoms with E-state index in [1.165, 1.54) is 0 Å². The minimum absolute atomic E-state index is 0.0285. The zero-order valence-electron chi connectivity index (χ0n) is 15.2. The smallest absolute Gasteiger partial charge is 0.265 e. The number of carbonyl (C=O) groups excluding carboxylic acids is 1. The van der Waals surface area contributed by atoms with Gasteiger partial charge in [0.1, 0.15) is 5.75 Å². The molecule has 4 rings (SSSR count). The predicted molar refractivity (Wildman–Crippen MR) is 107 cm³/mol. The van der Waals surface area contributed by atoms with E-state index in [1.54, 1.807) is 0 Å². The van der Waals surface area contributed by atoms with Crippen LogP contribution in [0.4, 0.5) is 5.69 Å². The summed E-state index contributed by atoms with van der Waals surface area (Å²) in [6.07, 6.45) is 0. The second kappa shape index (κ2) is 7.25. The predicted octanol–water partition coefficient (Wildman–Crippen LogP) is 4.22. The molecule has 0 radical (unpaired) electrons. The molecule has 1 atom stereocenters. The van der Waals surface area contributed by atoms with Gasteiger partial charge in [-0.1, -0.05) is 66.7 Å². The molecule has 0 aromatic heterocycles. The van der Waals surface area contributed by atoms with Crippen LogP contribution in [0.25, 0.3) is 0 Å². The van der Waals surface area contributed by atoms with E-state index in [4.69, 9.17) is 10.5 Å². The Morgan fingerprint density at radius 3 is 2.04 bits per heavy atom. The van der Waals surface area contributed by atoms with Gasteiger partial charge in [-0.3, -0.25) is 9.69 Å². The maximum absolute atomic E-state index is 13.0. The Kier molecular flexibility index (Phi) is 4.65. The highest BCUT2D eigenvalue weighted by atomic mass is 16.5. The summed E-state index contributed by atoms with van der Waals surface area (Å²) in [5.41, 5.74) is 9.92. The summed E-state index contributed by atoms with van der Waals surface area (Å²) in [7, 11) is 0. The first-order valence-corrected chi connectivity index (χ1v) is 9.09. The minimum atomic E-state index is -0.231. The minimum Gasteiger partial charge on any atom is -0.482 e. The molecule has 4 heteroatoms. The SMILES string of the molecule is CC(N)c1ccc2c(c1)N(C(c1ccccc1)c1ccccc1)C(=O)CO2. The van der Waals surface area contributed by atoms with Crippen molar-refractivity contribution in [1.29, 1.82) is 0 Å². The summed E-state index contributed by atoms with van der Waals surface area (Å²) < 4.78 is 5.69. The van der Waals surface area contributed by atoms with Gasteiger partial charge in [0, 0.05) is 6.04 Å². The first-order valence-electron chi connectivity index (χ1n) is 9.09. The summed E-state index contributed by atoms with van der Waals surface area (Å²) in [5.74, 6) is 0.637. The van der Waals surface area contributed by atoms with E-state index in [1.807, 2.05) is 66.4 Å². The van der Waals surface area contributed by atoms with Crippen molar-refractivity contribution in [2.45, 2.75) is 19.0 Å². The molecule has 27 heavy (non-hydrogen) atoms. The number of fused-ring (bicyclic) bond motifs is 1. The molecule has 4 nitrogen and oxygen atoms in total. The van der Waals surface area contributed by atoms with Crippen LogP contribution in [0.2, 0.25) is 0 Å². The van der Waals surface area contributed by atoms with Crippen LogP contribution in [0, 0.1) is 0 Å². The van der Waals surface area contributed by atoms with Crippen molar-refractivity contribution in [2.75, 3.05) is 11.5 Å². The number of hydrogen-bond acceptors (Lipinski definition) is 3. The molecule has 3 aromatic carbocycles. The average Bonchev–Trinajstić information content (AvgIpc) is 2.71. The molecule has 1 amide bonds. The number of rotatable bonds is 4. The highest BCUT2D eigenvalue weighted by Gasteiger charge is 2.34. The molecular formula is C23H22N2O2. The van der Waals surface area contributed by atoms with Gasteiger partial charge in [0.2, 0.25) is 0 Å². The van der Waals surface area contributed by atoms with Crippen molar-refractivity contribution in [3.8, 4) is 5.75 Å². The summed E-state index contributed by atoms with van der Waals surface area (Å²) in [5, 5.41) is 0. The molecule has 1 aliphatic heterocycles. The molecule has 0 aliphatic carbocycles. The molecule has 3 aromatic rings. The molecule has 136 valence electrons. The van der Waals surface area contributed by atoms with E-state index < -0.39 is 0 Å². The zero-order valence-corrected chi connectivity index (χ0v) is 15.2. The Morgan fingerprint density at radius 2 is 1.48 bits per heavy atom. The highest BCUT2D eigenvalue weighted by molar-refractivity contribution is 5.99. The van der Waals surface area contributed by atoms with Gasteiger partial charge in [-0.2, -0.15) is 0 Å². The van der Waals surface area contributed by atoms with Gasteiger partial charge in [0.25, 0.3) is 5.91 Å². The summed E-state index contributed by atoms with van der Waals surface area (Å²) in [4.78, 5) is 14.8. The second-order valence-electron chi connectivity index (χ2n) is 6.79. The zero-order chi connectivity index (χ0) is 18.8. The monoisotopic (exact) mass is 358 g/mol. The lowest BCUT2D eigenvalue weighted by Crippen LogP contribution is -2.42. The van der Waals surface area contributed by atoms with Gasteiger partial charge in [0.05, 0.1) is 11.7 Å². The summed E-state index contributed by atoms with van der Waals surface area (Å²) in [6.45, 7) is 1.96. The first kappa shape index (κ1) is 17.3. The Labute approximate surface area is 159 Å². The van der Waals surface area contributed by atoms with Crippen LogP contribution < -0.4 is 15.4 Å². The Morgan fingerprint density at radius 1 is 0.889 bits per heavy atom. The van der Waals surface area contributed by atoms with Crippen molar-refractivity contribution in [1.82, 2.24) is 0 Å². The lowest BCUT2D eigenvalue weighted by atomic mass is 9.95. The van der Waals surface area contributed by atoms with E-state index >= 15 is 0 Å². The van der Waals surface area contributed by atoms with E-state index in [0.29, 0.717) is 5.75 Å². The summed E-state index contributed by atoms with van der Waals surface area (Å²) >= 11 is 0. The Balaban J connectivity index is 1.90. The van der Waals surface area contributed by atoms with Crippen LogP contribution >= 0.6 is 0 Å². The third-order valence-electron chi connectivity index (χ3n) is 4.88. The van der Waals surface area contributed by atoms with Crippen LogP contribution in [0.15, 0.2) is 78.9 Å². The van der Waals surface area contributed by atoms with Crippen molar-refractivity contribution in [3.05, 3.63) is 95.6 Å². The number of hydrogen-bond donors (Lipinski definition) is 1. The molecule has 0 spiro atoms. The fraction of sp³-hybridized carbons (Fsp3) is 0.174. The molecule has 0 saturated heterocycles. The number of benzene rings is 3. The van der Waals surface area contributed by atoms with Crippen molar-refractivity contribution >= 4 is 11.6 Å². The van der Waals surface area contributed by atoms with Gasteiger partial charge in [-0.05, 0) is 35.7 Å². The van der Waals surface area contributed by atoms with Gasteiger partial charge in [-0.15, -0.1) is 0 Å².